The average molecular weight is 461 g/mol. The van der Waals surface area contributed by atoms with Crippen molar-refractivity contribution in [1.82, 2.24) is 14.8 Å². The summed E-state index contributed by atoms with van der Waals surface area (Å²) in [5, 5.41) is 3.19. The normalized spacial score (nSPS) is 17.0. The van der Waals surface area contributed by atoms with Crippen LogP contribution in [0.2, 0.25) is 5.02 Å². The van der Waals surface area contributed by atoms with E-state index in [1.165, 1.54) is 18.3 Å². The third-order valence-electron chi connectivity index (χ3n) is 5.90. The van der Waals surface area contributed by atoms with Crippen LogP contribution in [-0.4, -0.2) is 52.3 Å². The van der Waals surface area contributed by atoms with Gasteiger partial charge in [-0.15, -0.1) is 0 Å². The van der Waals surface area contributed by atoms with Crippen LogP contribution in [0.1, 0.15) is 48.0 Å². The fraction of sp³-hybridized carbons (Fsp3) is 0.458. The quantitative estimate of drug-likeness (QED) is 0.716. The number of amides is 2. The molecule has 1 saturated heterocycles. The van der Waals surface area contributed by atoms with Gasteiger partial charge in [-0.05, 0) is 50.1 Å². The molecule has 1 atom stereocenters. The van der Waals surface area contributed by atoms with Crippen LogP contribution in [0.15, 0.2) is 24.4 Å². The van der Waals surface area contributed by atoms with Crippen molar-refractivity contribution in [3.8, 4) is 0 Å². The van der Waals surface area contributed by atoms with Crippen LogP contribution in [0, 0.1) is 25.6 Å². The molecular formula is C24H30ClFN4O2. The number of piperazine rings is 1. The number of hydrogen-bond donors (Lipinski definition) is 1. The van der Waals surface area contributed by atoms with Gasteiger partial charge in [-0.25, -0.2) is 4.39 Å². The Morgan fingerprint density at radius 1 is 1.25 bits per heavy atom. The molecule has 8 heteroatoms. The number of halogens is 2. The molecule has 1 aromatic carbocycles. The molecule has 1 unspecified atom stereocenters. The van der Waals surface area contributed by atoms with Crippen molar-refractivity contribution >= 4 is 29.1 Å². The largest absolute Gasteiger partial charge is 0.337 e. The number of aromatic nitrogens is 1. The predicted molar refractivity (Wildman–Crippen MR) is 124 cm³/mol. The maximum Gasteiger partial charge on any atom is 0.257 e. The van der Waals surface area contributed by atoms with E-state index >= 15 is 0 Å². The second-order valence-electron chi connectivity index (χ2n) is 8.75. The molecule has 1 aliphatic rings. The molecule has 2 aromatic rings. The molecule has 0 saturated carbocycles. The Labute approximate surface area is 193 Å². The summed E-state index contributed by atoms with van der Waals surface area (Å²) in [7, 11) is 0. The molecule has 1 aromatic heterocycles. The molecule has 2 heterocycles. The highest BCUT2D eigenvalue weighted by atomic mass is 35.5. The summed E-state index contributed by atoms with van der Waals surface area (Å²) < 4.78 is 14.4. The van der Waals surface area contributed by atoms with Crippen molar-refractivity contribution in [2.75, 3.05) is 25.0 Å². The van der Waals surface area contributed by atoms with E-state index in [4.69, 9.17) is 11.6 Å². The van der Waals surface area contributed by atoms with Crippen LogP contribution in [0.4, 0.5) is 10.1 Å². The van der Waals surface area contributed by atoms with Gasteiger partial charge >= 0.3 is 0 Å². The summed E-state index contributed by atoms with van der Waals surface area (Å²) in [6.07, 6.45) is 1.45. The molecule has 2 amide bonds. The van der Waals surface area contributed by atoms with Gasteiger partial charge in [0.05, 0.1) is 16.3 Å². The summed E-state index contributed by atoms with van der Waals surface area (Å²) in [5.74, 6) is -0.676. The van der Waals surface area contributed by atoms with E-state index in [1.54, 1.807) is 13.0 Å². The van der Waals surface area contributed by atoms with Crippen molar-refractivity contribution in [3.63, 3.8) is 0 Å². The van der Waals surface area contributed by atoms with Crippen LogP contribution >= 0.6 is 11.6 Å². The Bertz CT molecular complexity index is 1030. The standard InChI is InChI=1S/C24H30ClFN4O2/c1-14(2)24(32)30-7-6-29(12-15(30)3)13-19-8-20(26)10-22(16(19)4)28-23(31)18-9-21(25)17(5)27-11-18/h8-11,14-15H,6-7,12-13H2,1-5H3,(H,28,31). The van der Waals surface area contributed by atoms with Crippen molar-refractivity contribution < 1.29 is 14.0 Å². The maximum atomic E-state index is 14.4. The van der Waals surface area contributed by atoms with Crippen LogP contribution in [-0.2, 0) is 11.3 Å². The maximum absolute atomic E-state index is 14.4. The van der Waals surface area contributed by atoms with Gasteiger partial charge in [0.25, 0.3) is 5.91 Å². The van der Waals surface area contributed by atoms with Crippen LogP contribution < -0.4 is 5.32 Å². The van der Waals surface area contributed by atoms with E-state index < -0.39 is 11.7 Å². The topological polar surface area (TPSA) is 65.5 Å². The molecule has 6 nitrogen and oxygen atoms in total. The Morgan fingerprint density at radius 2 is 1.97 bits per heavy atom. The fourth-order valence-electron chi connectivity index (χ4n) is 3.93. The second-order valence-corrected chi connectivity index (χ2v) is 9.16. The second kappa shape index (κ2) is 9.96. The summed E-state index contributed by atoms with van der Waals surface area (Å²) in [5.41, 5.74) is 2.97. The number of anilines is 1. The zero-order chi connectivity index (χ0) is 23.6. The number of aryl methyl sites for hydroxylation is 1. The van der Waals surface area contributed by atoms with E-state index in [2.05, 4.69) is 15.2 Å². The first-order valence-electron chi connectivity index (χ1n) is 10.8. The first kappa shape index (κ1) is 24.1. The predicted octanol–water partition coefficient (Wildman–Crippen LogP) is 4.43. The lowest BCUT2D eigenvalue weighted by Crippen LogP contribution is -2.54. The minimum absolute atomic E-state index is 0.0285. The number of nitrogens with zero attached hydrogens (tertiary/aromatic N) is 3. The van der Waals surface area contributed by atoms with E-state index in [9.17, 15) is 14.0 Å². The van der Waals surface area contributed by atoms with E-state index in [-0.39, 0.29) is 17.9 Å². The lowest BCUT2D eigenvalue weighted by molar-refractivity contribution is -0.139. The highest BCUT2D eigenvalue weighted by molar-refractivity contribution is 6.31. The number of hydrogen-bond acceptors (Lipinski definition) is 4. The molecule has 0 bridgehead atoms. The molecule has 0 spiro atoms. The molecule has 3 rings (SSSR count). The SMILES string of the molecule is Cc1ncc(C(=O)Nc2cc(F)cc(CN3CCN(C(=O)C(C)C)C(C)C3)c2C)cc1Cl. The third-order valence-corrected chi connectivity index (χ3v) is 6.28. The molecule has 172 valence electrons. The molecule has 1 aliphatic heterocycles. The zero-order valence-electron chi connectivity index (χ0n) is 19.2. The minimum Gasteiger partial charge on any atom is -0.337 e. The minimum atomic E-state index is -0.414. The van der Waals surface area contributed by atoms with Crippen LogP contribution in [0.25, 0.3) is 0 Å². The Kier molecular flexibility index (Phi) is 7.51. The van der Waals surface area contributed by atoms with Crippen molar-refractivity contribution in [3.05, 3.63) is 57.6 Å². The summed E-state index contributed by atoms with van der Waals surface area (Å²) >= 11 is 6.08. The Morgan fingerprint density at radius 3 is 2.59 bits per heavy atom. The molecule has 32 heavy (non-hydrogen) atoms. The zero-order valence-corrected chi connectivity index (χ0v) is 20.0. The fourth-order valence-corrected chi connectivity index (χ4v) is 4.10. The van der Waals surface area contributed by atoms with E-state index in [0.29, 0.717) is 48.1 Å². The molecule has 1 N–H and O–H groups in total. The Hall–Kier alpha value is -2.51. The average Bonchev–Trinajstić information content (AvgIpc) is 2.73. The van der Waals surface area contributed by atoms with Gasteiger partial charge < -0.3 is 10.2 Å². The van der Waals surface area contributed by atoms with Gasteiger partial charge in [0.15, 0.2) is 0 Å². The van der Waals surface area contributed by atoms with Gasteiger partial charge in [0.2, 0.25) is 5.91 Å². The first-order chi connectivity index (χ1) is 15.1. The number of rotatable bonds is 5. The lowest BCUT2D eigenvalue weighted by atomic mass is 10.0. The number of benzene rings is 1. The number of carbonyl (C=O) groups is 2. The van der Waals surface area contributed by atoms with Gasteiger partial charge in [0.1, 0.15) is 5.82 Å². The monoisotopic (exact) mass is 460 g/mol. The molecular weight excluding hydrogens is 431 g/mol. The number of pyridine rings is 1. The van der Waals surface area contributed by atoms with E-state index in [0.717, 1.165) is 11.1 Å². The number of nitrogens with one attached hydrogen (secondary N) is 1. The van der Waals surface area contributed by atoms with Crippen molar-refractivity contribution in [2.45, 2.75) is 47.2 Å². The molecule has 1 fully saturated rings. The van der Waals surface area contributed by atoms with Gasteiger partial charge in [0, 0.05) is 50.0 Å². The lowest BCUT2D eigenvalue weighted by Gasteiger charge is -2.41. The first-order valence-corrected chi connectivity index (χ1v) is 11.2. The summed E-state index contributed by atoms with van der Waals surface area (Å²) in [6.45, 7) is 12.1. The van der Waals surface area contributed by atoms with Crippen molar-refractivity contribution in [1.29, 1.82) is 0 Å². The van der Waals surface area contributed by atoms with Gasteiger partial charge in [-0.2, -0.15) is 0 Å². The van der Waals surface area contributed by atoms with Gasteiger partial charge in [-0.3, -0.25) is 19.5 Å². The Balaban J connectivity index is 1.73. The van der Waals surface area contributed by atoms with Crippen LogP contribution in [0.5, 0.6) is 0 Å². The van der Waals surface area contributed by atoms with Crippen molar-refractivity contribution in [2.24, 2.45) is 5.92 Å². The smallest absolute Gasteiger partial charge is 0.257 e. The van der Waals surface area contributed by atoms with E-state index in [1.807, 2.05) is 32.6 Å². The highest BCUT2D eigenvalue weighted by Crippen LogP contribution is 2.25. The molecule has 0 radical (unpaired) electrons. The third kappa shape index (κ3) is 5.45. The van der Waals surface area contributed by atoms with Crippen LogP contribution in [0.3, 0.4) is 0 Å². The summed E-state index contributed by atoms with van der Waals surface area (Å²) in [4.78, 5) is 33.3. The van der Waals surface area contributed by atoms with Gasteiger partial charge in [-0.1, -0.05) is 25.4 Å². The molecule has 0 aliphatic carbocycles. The summed E-state index contributed by atoms with van der Waals surface area (Å²) in [6, 6.07) is 4.46. The number of carbonyl (C=O) groups excluding carboxylic acids is 2. The highest BCUT2D eigenvalue weighted by Gasteiger charge is 2.29.